The third-order valence-electron chi connectivity index (χ3n) is 8.15. The first-order valence-electron chi connectivity index (χ1n) is 10.8. The molecule has 0 aromatic heterocycles. The molecule has 2 aromatic rings. The molecule has 3 aliphatic rings. The molecule has 0 heterocycles. The minimum Gasteiger partial charge on any atom is -0.508 e. The first-order valence-corrected chi connectivity index (χ1v) is 10.8. The van der Waals surface area contributed by atoms with Crippen molar-refractivity contribution in [3.63, 3.8) is 0 Å². The predicted molar refractivity (Wildman–Crippen MR) is 113 cm³/mol. The zero-order chi connectivity index (χ0) is 20.9. The van der Waals surface area contributed by atoms with E-state index in [1.54, 1.807) is 0 Å². The van der Waals surface area contributed by atoms with Gasteiger partial charge in [0, 0.05) is 4.91 Å². The maximum absolute atomic E-state index is 10.9. The lowest BCUT2D eigenvalue weighted by atomic mass is 9.51. The molecule has 0 bridgehead atoms. The highest BCUT2D eigenvalue weighted by atomic mass is 16.6. The smallest absolute Gasteiger partial charge is 0.136 e. The van der Waals surface area contributed by atoms with E-state index in [1.807, 2.05) is 24.3 Å². The average molecular weight is 405 g/mol. The van der Waals surface area contributed by atoms with Crippen LogP contribution in [0.25, 0.3) is 10.4 Å². The van der Waals surface area contributed by atoms with Crippen LogP contribution in [0.1, 0.15) is 61.1 Å². The average Bonchev–Trinajstić information content (AvgIpc) is 3.06. The Hall–Kier alpha value is -2.69. The van der Waals surface area contributed by atoms with Crippen molar-refractivity contribution in [1.82, 2.24) is 0 Å². The molecule has 3 aliphatic carbocycles. The maximum Gasteiger partial charge on any atom is 0.136 e. The highest BCUT2D eigenvalue weighted by Crippen LogP contribution is 2.65. The standard InChI is InChI=1S/C24H27N3O3/c1-24-13-20(14-2-6-17(7-3-14)30-27-26-25)23-18-9-5-16(28)12-15(18)4-8-19(23)21(24)10-11-22(24)29/h2-3,5-7,9,12,19-23,28-29H,4,8,10-11,13H2,1H3/t19?,20-,21?,22+,23?,24+/m1/s1. The van der Waals surface area contributed by atoms with Gasteiger partial charge in [-0.1, -0.05) is 25.1 Å². The molecule has 6 nitrogen and oxygen atoms in total. The zero-order valence-electron chi connectivity index (χ0n) is 17.1. The first kappa shape index (κ1) is 19.3. The van der Waals surface area contributed by atoms with E-state index in [1.165, 1.54) is 16.7 Å². The number of aromatic hydroxyl groups is 1. The van der Waals surface area contributed by atoms with Crippen molar-refractivity contribution in [1.29, 1.82) is 0 Å². The topological polar surface area (TPSA) is 98.5 Å². The molecular formula is C24H27N3O3. The molecule has 6 heteroatoms. The van der Waals surface area contributed by atoms with Gasteiger partial charge in [0.05, 0.1) is 6.10 Å². The fourth-order valence-corrected chi connectivity index (χ4v) is 6.83. The second-order valence-corrected chi connectivity index (χ2v) is 9.46. The Balaban J connectivity index is 1.58. The molecule has 0 amide bonds. The molecule has 156 valence electrons. The van der Waals surface area contributed by atoms with E-state index in [0.29, 0.717) is 29.3 Å². The normalized spacial score (nSPS) is 34.3. The molecule has 0 radical (unpaired) electrons. The van der Waals surface area contributed by atoms with Crippen molar-refractivity contribution in [3.05, 3.63) is 69.6 Å². The van der Waals surface area contributed by atoms with Gasteiger partial charge in [-0.05, 0) is 108 Å². The lowest BCUT2D eigenvalue weighted by Crippen LogP contribution is -2.47. The summed E-state index contributed by atoms with van der Waals surface area (Å²) in [5.74, 6) is 2.57. The van der Waals surface area contributed by atoms with Crippen LogP contribution < -0.4 is 4.84 Å². The molecule has 2 saturated carbocycles. The Morgan fingerprint density at radius 2 is 1.93 bits per heavy atom. The Kier molecular flexibility index (Phi) is 4.64. The number of rotatable bonds is 3. The summed E-state index contributed by atoms with van der Waals surface area (Å²) >= 11 is 0. The maximum atomic E-state index is 10.9. The quantitative estimate of drug-likeness (QED) is 0.301. The van der Waals surface area contributed by atoms with Crippen LogP contribution in [0, 0.1) is 17.3 Å². The van der Waals surface area contributed by atoms with Crippen molar-refractivity contribution >= 4 is 0 Å². The molecule has 5 rings (SSSR count). The molecule has 0 saturated heterocycles. The van der Waals surface area contributed by atoms with Crippen LogP contribution in [0.3, 0.4) is 0 Å². The molecule has 30 heavy (non-hydrogen) atoms. The van der Waals surface area contributed by atoms with Crippen LogP contribution in [0.2, 0.25) is 0 Å². The lowest BCUT2D eigenvalue weighted by molar-refractivity contribution is -0.0323. The van der Waals surface area contributed by atoms with Crippen molar-refractivity contribution in [3.8, 4) is 11.5 Å². The number of azide groups is 1. The summed E-state index contributed by atoms with van der Waals surface area (Å²) in [5.41, 5.74) is 12.2. The van der Waals surface area contributed by atoms with Gasteiger partial charge in [-0.25, -0.2) is 0 Å². The summed E-state index contributed by atoms with van der Waals surface area (Å²) in [6.45, 7) is 2.28. The minimum absolute atomic E-state index is 0.0689. The Bertz CT molecular complexity index is 1000. The van der Waals surface area contributed by atoms with Crippen molar-refractivity contribution < 1.29 is 15.1 Å². The SMILES string of the molecule is C[C@]12C[C@H](c3ccc(ON=[N+]=[N-])cc3)C3c4ccc(O)cc4CCC3C1CC[C@@H]2O. The van der Waals surface area contributed by atoms with E-state index in [4.69, 9.17) is 10.4 Å². The van der Waals surface area contributed by atoms with E-state index in [0.717, 1.165) is 32.1 Å². The van der Waals surface area contributed by atoms with Crippen LogP contribution >= 0.6 is 0 Å². The molecule has 0 aliphatic heterocycles. The van der Waals surface area contributed by atoms with Gasteiger partial charge in [-0.15, -0.1) is 0 Å². The second-order valence-electron chi connectivity index (χ2n) is 9.46. The molecule has 6 atom stereocenters. The van der Waals surface area contributed by atoms with Gasteiger partial charge < -0.3 is 15.1 Å². The molecule has 0 spiro atoms. The number of phenols is 1. The van der Waals surface area contributed by atoms with E-state index < -0.39 is 0 Å². The van der Waals surface area contributed by atoms with Gasteiger partial charge in [0.2, 0.25) is 0 Å². The number of benzene rings is 2. The van der Waals surface area contributed by atoms with Crippen molar-refractivity contribution in [2.45, 2.75) is 57.0 Å². The summed E-state index contributed by atoms with van der Waals surface area (Å²) in [4.78, 5) is 7.66. The van der Waals surface area contributed by atoms with Crippen LogP contribution in [-0.4, -0.2) is 16.3 Å². The fourth-order valence-electron chi connectivity index (χ4n) is 6.83. The number of aryl methyl sites for hydroxylation is 1. The fraction of sp³-hybridized carbons (Fsp3) is 0.500. The van der Waals surface area contributed by atoms with Gasteiger partial charge in [0.15, 0.2) is 0 Å². The number of aliphatic hydroxyl groups is 1. The van der Waals surface area contributed by atoms with E-state index in [9.17, 15) is 10.2 Å². The molecule has 2 fully saturated rings. The van der Waals surface area contributed by atoms with E-state index in [-0.39, 0.29) is 17.4 Å². The van der Waals surface area contributed by atoms with Gasteiger partial charge in [0.1, 0.15) is 16.8 Å². The summed E-state index contributed by atoms with van der Waals surface area (Å²) in [7, 11) is 0. The third kappa shape index (κ3) is 2.94. The molecule has 2 N–H and O–H groups in total. The first-order chi connectivity index (χ1) is 14.5. The van der Waals surface area contributed by atoms with Crippen LogP contribution in [-0.2, 0) is 6.42 Å². The number of hydrogen-bond donors (Lipinski definition) is 2. The van der Waals surface area contributed by atoms with Gasteiger partial charge in [0.25, 0.3) is 0 Å². The minimum atomic E-state index is -0.250. The Morgan fingerprint density at radius 3 is 2.70 bits per heavy atom. The predicted octanol–water partition coefficient (Wildman–Crippen LogP) is 5.61. The second kappa shape index (κ2) is 7.22. The number of nitrogens with zero attached hydrogens (tertiary/aromatic N) is 3. The number of phenolic OH excluding ortho intramolecular Hbond substituents is 1. The number of fused-ring (bicyclic) bond motifs is 5. The highest BCUT2D eigenvalue weighted by molar-refractivity contribution is 5.43. The largest absolute Gasteiger partial charge is 0.508 e. The summed E-state index contributed by atoms with van der Waals surface area (Å²) in [6.07, 6.45) is 4.76. The summed E-state index contributed by atoms with van der Waals surface area (Å²) in [5, 5.41) is 24.1. The monoisotopic (exact) mass is 405 g/mol. The summed E-state index contributed by atoms with van der Waals surface area (Å²) < 4.78 is 0. The molecular weight excluding hydrogens is 378 g/mol. The van der Waals surface area contributed by atoms with E-state index in [2.05, 4.69) is 35.3 Å². The third-order valence-corrected chi connectivity index (χ3v) is 8.15. The highest BCUT2D eigenvalue weighted by Gasteiger charge is 2.57. The van der Waals surface area contributed by atoms with Crippen LogP contribution in [0.5, 0.6) is 11.5 Å². The van der Waals surface area contributed by atoms with Crippen molar-refractivity contribution in [2.75, 3.05) is 0 Å². The number of aliphatic hydroxyl groups excluding tert-OH is 1. The summed E-state index contributed by atoms with van der Waals surface area (Å²) in [6, 6.07) is 13.7. The zero-order valence-corrected chi connectivity index (χ0v) is 17.1. The van der Waals surface area contributed by atoms with Gasteiger partial charge in [-0.3, -0.25) is 0 Å². The molecule has 2 aromatic carbocycles. The Labute approximate surface area is 176 Å². The van der Waals surface area contributed by atoms with Gasteiger partial charge in [-0.2, -0.15) is 0 Å². The number of hydrogen-bond acceptors (Lipinski definition) is 4. The lowest BCUT2D eigenvalue weighted by Gasteiger charge is -2.54. The van der Waals surface area contributed by atoms with Crippen LogP contribution in [0.4, 0.5) is 0 Å². The van der Waals surface area contributed by atoms with Gasteiger partial charge >= 0.3 is 0 Å². The molecule has 3 unspecified atom stereocenters. The Morgan fingerprint density at radius 1 is 1.13 bits per heavy atom. The van der Waals surface area contributed by atoms with Crippen molar-refractivity contribution in [2.24, 2.45) is 22.5 Å². The van der Waals surface area contributed by atoms with E-state index >= 15 is 0 Å². The van der Waals surface area contributed by atoms with Crippen LogP contribution in [0.15, 0.2) is 47.7 Å².